The normalized spacial score (nSPS) is 11.5. The molecule has 158 valence electrons. The van der Waals surface area contributed by atoms with E-state index in [1.54, 1.807) is 37.4 Å². The molecule has 3 aromatic rings. The van der Waals surface area contributed by atoms with E-state index in [0.29, 0.717) is 39.5 Å². The van der Waals surface area contributed by atoms with E-state index in [4.69, 9.17) is 16.3 Å². The highest BCUT2D eigenvalue weighted by atomic mass is 35.5. The van der Waals surface area contributed by atoms with Gasteiger partial charge in [-0.25, -0.2) is 9.97 Å². The molecule has 1 aromatic carbocycles. The van der Waals surface area contributed by atoms with Crippen molar-refractivity contribution in [1.29, 1.82) is 0 Å². The molecule has 0 spiro atoms. The van der Waals surface area contributed by atoms with E-state index in [0.717, 1.165) is 6.92 Å². The van der Waals surface area contributed by atoms with Gasteiger partial charge in [-0.3, -0.25) is 4.98 Å². The van der Waals surface area contributed by atoms with Gasteiger partial charge in [-0.05, 0) is 44.2 Å². The topological polar surface area (TPSA) is 72.0 Å². The molecule has 9 heteroatoms. The molecule has 0 atom stereocenters. The average molecular weight is 434 g/mol. The average Bonchev–Trinajstić information content (AvgIpc) is 2.66. The van der Waals surface area contributed by atoms with Crippen molar-refractivity contribution in [3.63, 3.8) is 0 Å². The second kappa shape index (κ2) is 8.79. The third kappa shape index (κ3) is 5.54. The van der Waals surface area contributed by atoms with Gasteiger partial charge in [0.05, 0.1) is 7.11 Å². The first kappa shape index (κ1) is 21.7. The Kier molecular flexibility index (Phi) is 6.36. The number of halogens is 3. The van der Waals surface area contributed by atoms with Crippen molar-refractivity contribution in [2.45, 2.75) is 32.7 Å². The van der Waals surface area contributed by atoms with Gasteiger partial charge in [0.2, 0.25) is 0 Å². The van der Waals surface area contributed by atoms with Crippen LogP contribution in [0.1, 0.15) is 26.5 Å². The van der Waals surface area contributed by atoms with Crippen LogP contribution in [-0.4, -0.2) is 28.1 Å². The first-order valence-electron chi connectivity index (χ1n) is 9.26. The molecule has 0 aliphatic rings. The zero-order chi connectivity index (χ0) is 21.9. The van der Waals surface area contributed by atoms with E-state index in [1.807, 2.05) is 13.8 Å². The molecule has 0 amide bonds. The molecule has 3 rings (SSSR count). The Morgan fingerprint density at radius 1 is 1.07 bits per heavy atom. The molecule has 0 bridgehead atoms. The maximum atomic E-state index is 13.6. The minimum atomic E-state index is -3.05. The zero-order valence-electron chi connectivity index (χ0n) is 17.0. The Morgan fingerprint density at radius 2 is 1.80 bits per heavy atom. The molecule has 0 saturated heterocycles. The van der Waals surface area contributed by atoms with Crippen LogP contribution in [0.3, 0.4) is 0 Å². The Balaban J connectivity index is 2.03. The van der Waals surface area contributed by atoms with Gasteiger partial charge in [0.25, 0.3) is 5.92 Å². The summed E-state index contributed by atoms with van der Waals surface area (Å²) in [5, 5.41) is 6.77. The number of hydrogen-bond acceptors (Lipinski definition) is 6. The van der Waals surface area contributed by atoms with Crippen molar-refractivity contribution in [2.75, 3.05) is 17.7 Å². The van der Waals surface area contributed by atoms with Crippen LogP contribution in [0.25, 0.3) is 11.4 Å². The van der Waals surface area contributed by atoms with Crippen LogP contribution in [0.2, 0.25) is 5.02 Å². The predicted molar refractivity (Wildman–Crippen MR) is 115 cm³/mol. The zero-order valence-corrected chi connectivity index (χ0v) is 17.8. The van der Waals surface area contributed by atoms with Crippen molar-refractivity contribution >= 4 is 28.9 Å². The second-order valence-corrected chi connectivity index (χ2v) is 7.52. The van der Waals surface area contributed by atoms with E-state index in [-0.39, 0.29) is 11.7 Å². The first-order valence-corrected chi connectivity index (χ1v) is 9.64. The van der Waals surface area contributed by atoms with Gasteiger partial charge in [-0.1, -0.05) is 11.6 Å². The third-order valence-corrected chi connectivity index (χ3v) is 4.23. The number of pyridine rings is 1. The summed E-state index contributed by atoms with van der Waals surface area (Å²) in [6.07, 6.45) is 1.33. The summed E-state index contributed by atoms with van der Waals surface area (Å²) in [5.74, 6) is -1.07. The number of benzene rings is 1. The Hall–Kier alpha value is -3.00. The van der Waals surface area contributed by atoms with E-state index in [9.17, 15) is 8.78 Å². The van der Waals surface area contributed by atoms with Crippen molar-refractivity contribution in [2.24, 2.45) is 0 Å². The molecule has 6 nitrogen and oxygen atoms in total. The second-order valence-electron chi connectivity index (χ2n) is 7.08. The number of hydrogen-bond donors (Lipinski definition) is 2. The van der Waals surface area contributed by atoms with Crippen LogP contribution in [0.15, 0.2) is 42.6 Å². The van der Waals surface area contributed by atoms with Crippen LogP contribution < -0.4 is 15.4 Å². The fourth-order valence-electron chi connectivity index (χ4n) is 2.72. The lowest BCUT2D eigenvalue weighted by atomic mass is 10.2. The molecule has 2 N–H and O–H groups in total. The lowest BCUT2D eigenvalue weighted by Gasteiger charge is -2.15. The van der Waals surface area contributed by atoms with Crippen LogP contribution in [0.4, 0.5) is 26.1 Å². The summed E-state index contributed by atoms with van der Waals surface area (Å²) in [7, 11) is 1.55. The monoisotopic (exact) mass is 433 g/mol. The predicted octanol–water partition coefficient (Wildman–Crippen LogP) is 5.88. The highest BCUT2D eigenvalue weighted by Crippen LogP contribution is 2.30. The van der Waals surface area contributed by atoms with Crippen LogP contribution in [-0.2, 0) is 5.92 Å². The maximum absolute atomic E-state index is 13.6. The van der Waals surface area contributed by atoms with E-state index >= 15 is 0 Å². The minimum Gasteiger partial charge on any atom is -0.497 e. The summed E-state index contributed by atoms with van der Waals surface area (Å²) in [5.41, 5.74) is 0.762. The highest BCUT2D eigenvalue weighted by molar-refractivity contribution is 6.31. The van der Waals surface area contributed by atoms with Crippen molar-refractivity contribution in [3.05, 3.63) is 53.3 Å². The molecule has 0 unspecified atom stereocenters. The molecule has 0 aliphatic carbocycles. The molecule has 0 radical (unpaired) electrons. The largest absolute Gasteiger partial charge is 0.497 e. The Bertz CT molecular complexity index is 1040. The van der Waals surface area contributed by atoms with E-state index in [1.165, 1.54) is 12.3 Å². The maximum Gasteiger partial charge on any atom is 0.287 e. The standard InChI is InChI=1S/C21H22ClF2N5O/c1-12(2)26-18-11-19(27-15-5-6-25-17(10-15)21(3,23)24)29-20(28-18)13-7-14(22)9-16(8-13)30-4/h5-12H,1-4H3,(H2,25,26,27,28,29). The minimum absolute atomic E-state index is 0.126. The Labute approximate surface area is 178 Å². The number of rotatable bonds is 7. The van der Waals surface area contributed by atoms with Crippen molar-refractivity contribution in [1.82, 2.24) is 15.0 Å². The van der Waals surface area contributed by atoms with Gasteiger partial charge in [-0.2, -0.15) is 8.78 Å². The number of aromatic nitrogens is 3. The summed E-state index contributed by atoms with van der Waals surface area (Å²) in [6, 6.07) is 9.89. The lowest BCUT2D eigenvalue weighted by Crippen LogP contribution is -2.12. The molecule has 2 heterocycles. The van der Waals surface area contributed by atoms with Gasteiger partial charge >= 0.3 is 0 Å². The van der Waals surface area contributed by atoms with Crippen LogP contribution in [0, 0.1) is 0 Å². The van der Waals surface area contributed by atoms with Gasteiger partial charge < -0.3 is 15.4 Å². The van der Waals surface area contributed by atoms with Gasteiger partial charge in [0, 0.05) is 41.5 Å². The Morgan fingerprint density at radius 3 is 2.47 bits per heavy atom. The molecule has 2 aromatic heterocycles. The quantitative estimate of drug-likeness (QED) is 0.485. The summed E-state index contributed by atoms with van der Waals surface area (Å²) >= 11 is 6.19. The smallest absolute Gasteiger partial charge is 0.287 e. The highest BCUT2D eigenvalue weighted by Gasteiger charge is 2.26. The SMILES string of the molecule is COc1cc(Cl)cc(-c2nc(Nc3ccnc(C(C)(F)F)c3)cc(NC(C)C)n2)c1. The summed E-state index contributed by atoms with van der Waals surface area (Å²) in [6.45, 7) is 4.77. The number of ether oxygens (including phenoxy) is 1. The van der Waals surface area contributed by atoms with E-state index in [2.05, 4.69) is 25.6 Å². The molecule has 0 saturated carbocycles. The van der Waals surface area contributed by atoms with Gasteiger partial charge in [0.15, 0.2) is 5.82 Å². The fraction of sp³-hybridized carbons (Fsp3) is 0.286. The third-order valence-electron chi connectivity index (χ3n) is 4.01. The number of nitrogens with one attached hydrogen (secondary N) is 2. The number of nitrogens with zero attached hydrogens (tertiary/aromatic N) is 3. The van der Waals surface area contributed by atoms with E-state index < -0.39 is 5.92 Å². The number of anilines is 3. The van der Waals surface area contributed by atoms with Gasteiger partial charge in [-0.15, -0.1) is 0 Å². The number of methoxy groups -OCH3 is 1. The lowest BCUT2D eigenvalue weighted by molar-refractivity contribution is 0.0128. The summed E-state index contributed by atoms with van der Waals surface area (Å²) in [4.78, 5) is 12.8. The fourth-order valence-corrected chi connectivity index (χ4v) is 2.94. The molecular weight excluding hydrogens is 412 g/mol. The molecular formula is C21H22ClF2N5O. The molecule has 30 heavy (non-hydrogen) atoms. The molecule has 0 aliphatic heterocycles. The first-order chi connectivity index (χ1) is 14.1. The van der Waals surface area contributed by atoms with Gasteiger partial charge in [0.1, 0.15) is 23.1 Å². The summed E-state index contributed by atoms with van der Waals surface area (Å²) < 4.78 is 32.5. The van der Waals surface area contributed by atoms with Crippen LogP contribution in [0.5, 0.6) is 5.75 Å². The van der Waals surface area contributed by atoms with Crippen molar-refractivity contribution in [3.8, 4) is 17.1 Å². The van der Waals surface area contributed by atoms with Crippen molar-refractivity contribution < 1.29 is 13.5 Å². The number of alkyl halides is 2. The molecule has 0 fully saturated rings. The van der Waals surface area contributed by atoms with Crippen LogP contribution >= 0.6 is 11.6 Å².